The van der Waals surface area contributed by atoms with Crippen molar-refractivity contribution < 1.29 is 4.79 Å². The minimum Gasteiger partial charge on any atom is -0.348 e. The first kappa shape index (κ1) is 17.8. The molecule has 0 bridgehead atoms. The molecule has 3 rings (SSSR count). The molecule has 2 atom stereocenters. The summed E-state index contributed by atoms with van der Waals surface area (Å²) in [5.74, 6) is -0.143. The Morgan fingerprint density at radius 2 is 1.88 bits per heavy atom. The molecular formula is C20H23N5O. The number of carbonyl (C=O) groups is 1. The lowest BCUT2D eigenvalue weighted by Gasteiger charge is -2.31. The molecule has 3 aromatic rings. The minimum absolute atomic E-state index is 0.0679. The molecule has 0 saturated heterocycles. The number of carbonyl (C=O) groups excluding carboxylic acids is 1. The van der Waals surface area contributed by atoms with Crippen LogP contribution in [-0.4, -0.2) is 45.7 Å². The summed E-state index contributed by atoms with van der Waals surface area (Å²) in [6, 6.07) is 13.9. The SMILES string of the molecule is C[C@@H](NC(=O)c1cnn(-c2cccnc2)c1)[C@@H](c1ccccc1)N(C)C. The van der Waals surface area contributed by atoms with Crippen LogP contribution in [0.5, 0.6) is 0 Å². The fourth-order valence-corrected chi connectivity index (χ4v) is 3.12. The standard InChI is InChI=1S/C20H23N5O/c1-15(19(24(2)3)16-8-5-4-6-9-16)23-20(26)17-12-22-25(14-17)18-10-7-11-21-13-18/h4-15,19H,1-3H3,(H,23,26)/t15-,19+/m1/s1. The summed E-state index contributed by atoms with van der Waals surface area (Å²) in [5.41, 5.74) is 2.50. The van der Waals surface area contributed by atoms with Crippen molar-refractivity contribution in [1.82, 2.24) is 25.0 Å². The number of nitrogens with one attached hydrogen (secondary N) is 1. The number of hydrogen-bond acceptors (Lipinski definition) is 4. The van der Waals surface area contributed by atoms with E-state index in [-0.39, 0.29) is 18.0 Å². The van der Waals surface area contributed by atoms with E-state index in [4.69, 9.17) is 0 Å². The molecule has 134 valence electrons. The van der Waals surface area contributed by atoms with Crippen molar-refractivity contribution in [2.45, 2.75) is 19.0 Å². The van der Waals surface area contributed by atoms with Gasteiger partial charge in [0.1, 0.15) is 0 Å². The van der Waals surface area contributed by atoms with Crippen molar-refractivity contribution in [3.63, 3.8) is 0 Å². The molecule has 2 heterocycles. The quantitative estimate of drug-likeness (QED) is 0.743. The van der Waals surface area contributed by atoms with E-state index < -0.39 is 0 Å². The highest BCUT2D eigenvalue weighted by Gasteiger charge is 2.23. The molecule has 6 nitrogen and oxygen atoms in total. The third-order valence-corrected chi connectivity index (χ3v) is 4.29. The van der Waals surface area contributed by atoms with Crippen LogP contribution in [0.15, 0.2) is 67.3 Å². The lowest BCUT2D eigenvalue weighted by molar-refractivity contribution is 0.0915. The van der Waals surface area contributed by atoms with Crippen LogP contribution >= 0.6 is 0 Å². The van der Waals surface area contributed by atoms with Gasteiger partial charge in [-0.1, -0.05) is 30.3 Å². The van der Waals surface area contributed by atoms with Gasteiger partial charge < -0.3 is 10.2 Å². The van der Waals surface area contributed by atoms with Gasteiger partial charge in [0, 0.05) is 18.4 Å². The Kier molecular flexibility index (Phi) is 5.43. The van der Waals surface area contributed by atoms with Crippen LogP contribution in [0.4, 0.5) is 0 Å². The third kappa shape index (κ3) is 3.97. The van der Waals surface area contributed by atoms with E-state index in [9.17, 15) is 4.79 Å². The zero-order valence-electron chi connectivity index (χ0n) is 15.2. The lowest BCUT2D eigenvalue weighted by atomic mass is 9.99. The van der Waals surface area contributed by atoms with Gasteiger partial charge in [-0.05, 0) is 38.7 Å². The first-order valence-corrected chi connectivity index (χ1v) is 8.53. The average Bonchev–Trinajstić information content (AvgIpc) is 3.13. The van der Waals surface area contributed by atoms with Crippen LogP contribution < -0.4 is 5.32 Å². The summed E-state index contributed by atoms with van der Waals surface area (Å²) in [6.07, 6.45) is 6.69. The van der Waals surface area contributed by atoms with Gasteiger partial charge in [0.25, 0.3) is 5.91 Å². The van der Waals surface area contributed by atoms with Crippen LogP contribution in [-0.2, 0) is 0 Å². The van der Waals surface area contributed by atoms with Crippen molar-refractivity contribution in [2.24, 2.45) is 0 Å². The number of amides is 1. The van der Waals surface area contributed by atoms with Gasteiger partial charge >= 0.3 is 0 Å². The summed E-state index contributed by atoms with van der Waals surface area (Å²) >= 11 is 0. The van der Waals surface area contributed by atoms with Crippen molar-refractivity contribution in [3.05, 3.63) is 78.4 Å². The molecule has 1 N–H and O–H groups in total. The molecule has 0 aliphatic carbocycles. The van der Waals surface area contributed by atoms with Gasteiger partial charge in [-0.3, -0.25) is 9.78 Å². The smallest absolute Gasteiger partial charge is 0.254 e. The fourth-order valence-electron chi connectivity index (χ4n) is 3.12. The Labute approximate surface area is 153 Å². The normalized spacial score (nSPS) is 13.4. The highest BCUT2D eigenvalue weighted by Crippen LogP contribution is 2.22. The van der Waals surface area contributed by atoms with Crippen molar-refractivity contribution in [1.29, 1.82) is 0 Å². The first-order chi connectivity index (χ1) is 12.6. The van der Waals surface area contributed by atoms with E-state index in [1.807, 2.05) is 51.4 Å². The summed E-state index contributed by atoms with van der Waals surface area (Å²) in [7, 11) is 4.03. The zero-order valence-corrected chi connectivity index (χ0v) is 15.2. The van der Waals surface area contributed by atoms with E-state index in [0.717, 1.165) is 11.3 Å². The van der Waals surface area contributed by atoms with Gasteiger partial charge in [0.15, 0.2) is 0 Å². The maximum absolute atomic E-state index is 12.7. The summed E-state index contributed by atoms with van der Waals surface area (Å²) < 4.78 is 1.65. The minimum atomic E-state index is -0.143. The van der Waals surface area contributed by atoms with Gasteiger partial charge in [-0.25, -0.2) is 4.68 Å². The van der Waals surface area contributed by atoms with E-state index in [1.165, 1.54) is 0 Å². The highest BCUT2D eigenvalue weighted by atomic mass is 16.1. The molecule has 1 aromatic carbocycles. The summed E-state index contributed by atoms with van der Waals surface area (Å²) in [5, 5.41) is 7.35. The number of aromatic nitrogens is 3. The van der Waals surface area contributed by atoms with E-state index in [2.05, 4.69) is 32.4 Å². The van der Waals surface area contributed by atoms with E-state index in [1.54, 1.807) is 29.5 Å². The van der Waals surface area contributed by atoms with E-state index >= 15 is 0 Å². The Morgan fingerprint density at radius 1 is 1.12 bits per heavy atom. The van der Waals surface area contributed by atoms with Crippen molar-refractivity contribution in [3.8, 4) is 5.69 Å². The number of benzene rings is 1. The largest absolute Gasteiger partial charge is 0.348 e. The number of hydrogen-bond donors (Lipinski definition) is 1. The Morgan fingerprint density at radius 3 is 2.54 bits per heavy atom. The molecule has 0 spiro atoms. The first-order valence-electron chi connectivity index (χ1n) is 8.53. The maximum Gasteiger partial charge on any atom is 0.254 e. The van der Waals surface area contributed by atoms with Crippen LogP contribution in [0.2, 0.25) is 0 Å². The number of rotatable bonds is 6. The Bertz CT molecular complexity index is 845. The highest BCUT2D eigenvalue weighted by molar-refractivity contribution is 5.94. The topological polar surface area (TPSA) is 63.1 Å². The summed E-state index contributed by atoms with van der Waals surface area (Å²) in [6.45, 7) is 2.01. The molecule has 0 fully saturated rings. The Hall–Kier alpha value is -2.99. The molecule has 1 amide bonds. The van der Waals surface area contributed by atoms with E-state index in [0.29, 0.717) is 5.56 Å². The number of nitrogens with zero attached hydrogens (tertiary/aromatic N) is 4. The van der Waals surface area contributed by atoms with Crippen LogP contribution in [0, 0.1) is 0 Å². The molecule has 0 radical (unpaired) electrons. The second-order valence-electron chi connectivity index (χ2n) is 6.47. The van der Waals surface area contributed by atoms with Crippen LogP contribution in [0.3, 0.4) is 0 Å². The van der Waals surface area contributed by atoms with Crippen molar-refractivity contribution in [2.75, 3.05) is 14.1 Å². The Balaban J connectivity index is 1.74. The predicted octanol–water partition coefficient (Wildman–Crippen LogP) is 2.69. The molecule has 2 aromatic heterocycles. The molecule has 0 aliphatic heterocycles. The predicted molar refractivity (Wildman–Crippen MR) is 101 cm³/mol. The third-order valence-electron chi connectivity index (χ3n) is 4.29. The zero-order chi connectivity index (χ0) is 18.5. The number of pyridine rings is 1. The lowest BCUT2D eigenvalue weighted by Crippen LogP contribution is -2.42. The van der Waals surface area contributed by atoms with Crippen molar-refractivity contribution >= 4 is 5.91 Å². The second-order valence-corrected chi connectivity index (χ2v) is 6.47. The van der Waals surface area contributed by atoms with Gasteiger partial charge in [-0.2, -0.15) is 5.10 Å². The maximum atomic E-state index is 12.7. The summed E-state index contributed by atoms with van der Waals surface area (Å²) in [4.78, 5) is 18.8. The number of likely N-dealkylation sites (N-methyl/N-ethyl adjacent to an activating group) is 1. The van der Waals surface area contributed by atoms with Gasteiger partial charge in [-0.15, -0.1) is 0 Å². The fraction of sp³-hybridized carbons (Fsp3) is 0.250. The molecule has 26 heavy (non-hydrogen) atoms. The van der Waals surface area contributed by atoms with Crippen LogP contribution in [0.1, 0.15) is 28.9 Å². The monoisotopic (exact) mass is 349 g/mol. The average molecular weight is 349 g/mol. The van der Waals surface area contributed by atoms with Gasteiger partial charge in [0.2, 0.25) is 0 Å². The molecular weight excluding hydrogens is 326 g/mol. The van der Waals surface area contributed by atoms with Gasteiger partial charge in [0.05, 0.1) is 29.7 Å². The molecule has 0 saturated carbocycles. The molecule has 0 aliphatic rings. The molecule has 0 unspecified atom stereocenters. The molecule has 6 heteroatoms. The van der Waals surface area contributed by atoms with Crippen LogP contribution in [0.25, 0.3) is 5.69 Å². The second kappa shape index (κ2) is 7.93.